The van der Waals surface area contributed by atoms with Crippen molar-refractivity contribution < 1.29 is 0 Å². The number of hydrogen-bond acceptors (Lipinski definition) is 2. The van der Waals surface area contributed by atoms with Gasteiger partial charge < -0.3 is 5.73 Å². The van der Waals surface area contributed by atoms with Crippen LogP contribution in [-0.2, 0) is 19.4 Å². The fourth-order valence-corrected chi connectivity index (χ4v) is 1.90. The summed E-state index contributed by atoms with van der Waals surface area (Å²) < 4.78 is 0. The van der Waals surface area contributed by atoms with Crippen LogP contribution in [0, 0.1) is 5.92 Å². The van der Waals surface area contributed by atoms with Crippen molar-refractivity contribution in [2.45, 2.75) is 32.7 Å². The number of H-pyrrole nitrogens is 1. The van der Waals surface area contributed by atoms with Gasteiger partial charge in [-0.1, -0.05) is 6.92 Å². The van der Waals surface area contributed by atoms with Crippen LogP contribution in [0.1, 0.15) is 30.3 Å². The predicted molar refractivity (Wildman–Crippen MR) is 47.7 cm³/mol. The molecule has 0 bridgehead atoms. The minimum Gasteiger partial charge on any atom is -0.325 e. The Balaban J connectivity index is 2.34. The Morgan fingerprint density at radius 1 is 1.67 bits per heavy atom. The molecule has 0 unspecified atom stereocenters. The molecule has 12 heavy (non-hydrogen) atoms. The second-order valence-corrected chi connectivity index (χ2v) is 3.68. The second kappa shape index (κ2) is 2.90. The van der Waals surface area contributed by atoms with Crippen LogP contribution in [0.4, 0.5) is 0 Å². The minimum absolute atomic E-state index is 0.568. The van der Waals surface area contributed by atoms with Crippen LogP contribution >= 0.6 is 0 Å². The summed E-state index contributed by atoms with van der Waals surface area (Å²) >= 11 is 0. The van der Waals surface area contributed by atoms with E-state index in [9.17, 15) is 0 Å². The molecule has 2 rings (SSSR count). The van der Waals surface area contributed by atoms with Gasteiger partial charge in [0.15, 0.2) is 0 Å². The van der Waals surface area contributed by atoms with Crippen LogP contribution in [0.3, 0.4) is 0 Å². The molecule has 0 saturated carbocycles. The highest BCUT2D eigenvalue weighted by atomic mass is 15.1. The van der Waals surface area contributed by atoms with Gasteiger partial charge in [0, 0.05) is 12.2 Å². The van der Waals surface area contributed by atoms with Gasteiger partial charge in [-0.2, -0.15) is 5.10 Å². The summed E-state index contributed by atoms with van der Waals surface area (Å²) in [6.45, 7) is 2.86. The van der Waals surface area contributed by atoms with E-state index in [0.29, 0.717) is 6.54 Å². The van der Waals surface area contributed by atoms with E-state index in [2.05, 4.69) is 17.1 Å². The van der Waals surface area contributed by atoms with Crippen molar-refractivity contribution in [1.29, 1.82) is 0 Å². The van der Waals surface area contributed by atoms with Crippen LogP contribution in [-0.4, -0.2) is 10.2 Å². The molecule has 66 valence electrons. The third kappa shape index (κ3) is 1.14. The SMILES string of the molecule is C[C@@H]1CCc2[nH]nc(CN)c2C1. The maximum atomic E-state index is 5.58. The van der Waals surface area contributed by atoms with E-state index < -0.39 is 0 Å². The van der Waals surface area contributed by atoms with Gasteiger partial charge in [0.2, 0.25) is 0 Å². The molecule has 0 spiro atoms. The standard InChI is InChI=1S/C9H15N3/c1-6-2-3-8-7(4-6)9(5-10)12-11-8/h6H,2-5,10H2,1H3,(H,11,12)/t6-/m1/s1. The van der Waals surface area contributed by atoms with Crippen LogP contribution in [0.15, 0.2) is 0 Å². The molecule has 0 saturated heterocycles. The van der Waals surface area contributed by atoms with Gasteiger partial charge in [-0.25, -0.2) is 0 Å². The maximum absolute atomic E-state index is 5.58. The van der Waals surface area contributed by atoms with Crippen molar-refractivity contribution in [1.82, 2.24) is 10.2 Å². The molecule has 0 fully saturated rings. The third-order valence-electron chi connectivity index (χ3n) is 2.67. The molecule has 3 N–H and O–H groups in total. The zero-order chi connectivity index (χ0) is 8.55. The highest BCUT2D eigenvalue weighted by Gasteiger charge is 2.19. The van der Waals surface area contributed by atoms with E-state index in [1.165, 1.54) is 17.7 Å². The molecule has 3 nitrogen and oxygen atoms in total. The Labute approximate surface area is 72.4 Å². The van der Waals surface area contributed by atoms with Gasteiger partial charge in [-0.05, 0) is 30.7 Å². The fourth-order valence-electron chi connectivity index (χ4n) is 1.90. The summed E-state index contributed by atoms with van der Waals surface area (Å²) in [5, 5.41) is 7.27. The first-order valence-corrected chi connectivity index (χ1v) is 4.56. The summed E-state index contributed by atoms with van der Waals surface area (Å²) in [4.78, 5) is 0. The van der Waals surface area contributed by atoms with Crippen molar-refractivity contribution in [2.75, 3.05) is 0 Å². The van der Waals surface area contributed by atoms with E-state index in [1.807, 2.05) is 0 Å². The Bertz CT molecular complexity index is 264. The summed E-state index contributed by atoms with van der Waals surface area (Å²) in [5.41, 5.74) is 9.35. The summed E-state index contributed by atoms with van der Waals surface area (Å²) in [7, 11) is 0. The minimum atomic E-state index is 0.568. The number of nitrogens with zero attached hydrogens (tertiary/aromatic N) is 1. The maximum Gasteiger partial charge on any atom is 0.0792 e. The average Bonchev–Trinajstić information content (AvgIpc) is 2.46. The van der Waals surface area contributed by atoms with Crippen LogP contribution in [0.5, 0.6) is 0 Å². The topological polar surface area (TPSA) is 54.7 Å². The first-order valence-electron chi connectivity index (χ1n) is 4.56. The molecule has 1 aliphatic rings. The van der Waals surface area contributed by atoms with E-state index in [4.69, 9.17) is 5.73 Å². The number of aromatic nitrogens is 2. The smallest absolute Gasteiger partial charge is 0.0792 e. The first-order chi connectivity index (χ1) is 5.81. The van der Waals surface area contributed by atoms with Crippen molar-refractivity contribution in [3.8, 4) is 0 Å². The largest absolute Gasteiger partial charge is 0.325 e. The summed E-state index contributed by atoms with van der Waals surface area (Å²) in [6.07, 6.45) is 3.57. The average molecular weight is 165 g/mol. The quantitative estimate of drug-likeness (QED) is 0.652. The summed E-state index contributed by atoms with van der Waals surface area (Å²) in [5.74, 6) is 0.792. The number of nitrogens with one attached hydrogen (secondary N) is 1. The third-order valence-corrected chi connectivity index (χ3v) is 2.67. The highest BCUT2D eigenvalue weighted by Crippen LogP contribution is 2.25. The number of rotatable bonds is 1. The molecule has 0 radical (unpaired) electrons. The predicted octanol–water partition coefficient (Wildman–Crippen LogP) is 0.993. The molecule has 1 aliphatic carbocycles. The highest BCUT2D eigenvalue weighted by molar-refractivity contribution is 5.27. The van der Waals surface area contributed by atoms with Gasteiger partial charge in [0.1, 0.15) is 0 Å². The molecule has 1 aromatic rings. The Hall–Kier alpha value is -0.830. The second-order valence-electron chi connectivity index (χ2n) is 3.68. The zero-order valence-corrected chi connectivity index (χ0v) is 7.43. The van der Waals surface area contributed by atoms with Gasteiger partial charge in [-0.3, -0.25) is 5.10 Å². The van der Waals surface area contributed by atoms with Gasteiger partial charge in [0.25, 0.3) is 0 Å². The van der Waals surface area contributed by atoms with Crippen LogP contribution < -0.4 is 5.73 Å². The fraction of sp³-hybridized carbons (Fsp3) is 0.667. The zero-order valence-electron chi connectivity index (χ0n) is 7.43. The lowest BCUT2D eigenvalue weighted by Gasteiger charge is -2.17. The van der Waals surface area contributed by atoms with Gasteiger partial charge in [0.05, 0.1) is 5.69 Å². The van der Waals surface area contributed by atoms with Crippen molar-refractivity contribution in [3.05, 3.63) is 17.0 Å². The van der Waals surface area contributed by atoms with E-state index in [1.54, 1.807) is 0 Å². The Kier molecular flexibility index (Phi) is 1.89. The number of aromatic amines is 1. The summed E-state index contributed by atoms with van der Waals surface area (Å²) in [6, 6.07) is 0. The van der Waals surface area contributed by atoms with E-state index >= 15 is 0 Å². The van der Waals surface area contributed by atoms with Crippen LogP contribution in [0.25, 0.3) is 0 Å². The Morgan fingerprint density at radius 3 is 3.25 bits per heavy atom. The van der Waals surface area contributed by atoms with Crippen LogP contribution in [0.2, 0.25) is 0 Å². The lowest BCUT2D eigenvalue weighted by Crippen LogP contribution is -2.12. The molecule has 1 heterocycles. The number of nitrogens with two attached hydrogens (primary N) is 1. The lowest BCUT2D eigenvalue weighted by atomic mass is 9.88. The molecule has 1 atom stereocenters. The van der Waals surface area contributed by atoms with Crippen molar-refractivity contribution in [3.63, 3.8) is 0 Å². The Morgan fingerprint density at radius 2 is 2.50 bits per heavy atom. The number of hydrogen-bond donors (Lipinski definition) is 2. The van der Waals surface area contributed by atoms with E-state index in [0.717, 1.165) is 24.5 Å². The number of fused-ring (bicyclic) bond motifs is 1. The van der Waals surface area contributed by atoms with Gasteiger partial charge >= 0.3 is 0 Å². The number of aryl methyl sites for hydroxylation is 1. The van der Waals surface area contributed by atoms with E-state index in [-0.39, 0.29) is 0 Å². The van der Waals surface area contributed by atoms with Crippen molar-refractivity contribution in [2.24, 2.45) is 11.7 Å². The molecular weight excluding hydrogens is 150 g/mol. The lowest BCUT2D eigenvalue weighted by molar-refractivity contribution is 0.496. The van der Waals surface area contributed by atoms with Gasteiger partial charge in [-0.15, -0.1) is 0 Å². The molecule has 3 heteroatoms. The molecule has 0 aromatic carbocycles. The molecule has 1 aromatic heterocycles. The molecule has 0 aliphatic heterocycles. The normalized spacial score (nSPS) is 22.3. The molecular formula is C9H15N3. The monoisotopic (exact) mass is 165 g/mol. The molecule has 0 amide bonds. The van der Waals surface area contributed by atoms with Crippen molar-refractivity contribution >= 4 is 0 Å². The first kappa shape index (κ1) is 7.80.